The molecule has 0 amide bonds. The van der Waals surface area contributed by atoms with E-state index in [1.165, 1.54) is 5.56 Å². The van der Waals surface area contributed by atoms with E-state index in [9.17, 15) is 9.90 Å². The molecule has 2 atom stereocenters. The van der Waals surface area contributed by atoms with Gasteiger partial charge in [0.1, 0.15) is 0 Å². The maximum atomic E-state index is 11.3. The lowest BCUT2D eigenvalue weighted by atomic mass is 9.94. The second-order valence-corrected chi connectivity index (χ2v) is 5.95. The molecule has 2 unspecified atom stereocenters. The summed E-state index contributed by atoms with van der Waals surface area (Å²) in [5.74, 6) is -0.911. The summed E-state index contributed by atoms with van der Waals surface area (Å²) in [6.07, 6.45) is 3.01. The van der Waals surface area contributed by atoms with Crippen molar-refractivity contribution in [1.29, 1.82) is 0 Å². The standard InChI is InChI=1S/C17H26N2O2/c1-2-3-9-19-12-15(17(20)21)10-16(13-19)18-11-14-7-5-4-6-8-14/h4-8,15-16,18H,2-3,9-13H2,1H3,(H,20,21). The van der Waals surface area contributed by atoms with Crippen LogP contribution in [-0.4, -0.2) is 41.7 Å². The third-order valence-electron chi connectivity index (χ3n) is 4.14. The molecular formula is C17H26N2O2. The highest BCUT2D eigenvalue weighted by molar-refractivity contribution is 5.70. The van der Waals surface area contributed by atoms with Crippen LogP contribution < -0.4 is 5.32 Å². The molecule has 0 spiro atoms. The number of hydrogen-bond acceptors (Lipinski definition) is 3. The summed E-state index contributed by atoms with van der Waals surface area (Å²) in [5, 5.41) is 12.9. The first-order valence-electron chi connectivity index (χ1n) is 7.91. The van der Waals surface area contributed by atoms with Gasteiger partial charge in [-0.15, -0.1) is 0 Å². The molecule has 1 aliphatic heterocycles. The van der Waals surface area contributed by atoms with Crippen LogP contribution >= 0.6 is 0 Å². The summed E-state index contributed by atoms with van der Waals surface area (Å²) in [5.41, 5.74) is 1.25. The number of piperidine rings is 1. The molecule has 4 heteroatoms. The zero-order valence-corrected chi connectivity index (χ0v) is 12.8. The van der Waals surface area contributed by atoms with Crippen LogP contribution in [0, 0.1) is 5.92 Å². The van der Waals surface area contributed by atoms with E-state index in [2.05, 4.69) is 29.3 Å². The normalized spacial score (nSPS) is 23.1. The Bertz CT molecular complexity index is 436. The van der Waals surface area contributed by atoms with E-state index >= 15 is 0 Å². The average molecular weight is 290 g/mol. The Hall–Kier alpha value is -1.39. The minimum absolute atomic E-state index is 0.246. The molecule has 2 N–H and O–H groups in total. The lowest BCUT2D eigenvalue weighted by Crippen LogP contribution is -2.50. The van der Waals surface area contributed by atoms with Crippen LogP contribution in [-0.2, 0) is 11.3 Å². The maximum absolute atomic E-state index is 11.3. The van der Waals surface area contributed by atoms with Crippen LogP contribution in [0.15, 0.2) is 30.3 Å². The van der Waals surface area contributed by atoms with E-state index in [-0.39, 0.29) is 12.0 Å². The van der Waals surface area contributed by atoms with Crippen molar-refractivity contribution in [2.24, 2.45) is 5.92 Å². The Kier molecular flexibility index (Phi) is 6.21. The molecule has 116 valence electrons. The fourth-order valence-electron chi connectivity index (χ4n) is 2.94. The fourth-order valence-corrected chi connectivity index (χ4v) is 2.94. The molecule has 1 fully saturated rings. The van der Waals surface area contributed by atoms with E-state index in [0.717, 1.165) is 38.9 Å². The van der Waals surface area contributed by atoms with Gasteiger partial charge in [-0.2, -0.15) is 0 Å². The SMILES string of the molecule is CCCCN1CC(NCc2ccccc2)CC(C(=O)O)C1. The van der Waals surface area contributed by atoms with Crippen LogP contribution in [0.1, 0.15) is 31.7 Å². The first-order chi connectivity index (χ1) is 10.2. The van der Waals surface area contributed by atoms with Crippen molar-refractivity contribution in [3.05, 3.63) is 35.9 Å². The number of hydrogen-bond donors (Lipinski definition) is 2. The van der Waals surface area contributed by atoms with Gasteiger partial charge in [-0.1, -0.05) is 43.7 Å². The van der Waals surface area contributed by atoms with Crippen molar-refractivity contribution in [3.63, 3.8) is 0 Å². The number of nitrogens with zero attached hydrogens (tertiary/aromatic N) is 1. The van der Waals surface area contributed by atoms with Gasteiger partial charge >= 0.3 is 5.97 Å². The summed E-state index contributed by atoms with van der Waals surface area (Å²) in [6.45, 7) is 5.63. The van der Waals surface area contributed by atoms with Gasteiger partial charge < -0.3 is 15.3 Å². The number of carbonyl (C=O) groups is 1. The first-order valence-corrected chi connectivity index (χ1v) is 7.91. The molecule has 1 aromatic carbocycles. The molecule has 0 bridgehead atoms. The molecular weight excluding hydrogens is 264 g/mol. The van der Waals surface area contributed by atoms with Crippen LogP contribution in [0.4, 0.5) is 0 Å². The molecule has 21 heavy (non-hydrogen) atoms. The molecule has 1 heterocycles. The van der Waals surface area contributed by atoms with Crippen LogP contribution in [0.25, 0.3) is 0 Å². The van der Waals surface area contributed by atoms with Crippen molar-refractivity contribution in [3.8, 4) is 0 Å². The lowest BCUT2D eigenvalue weighted by molar-refractivity contribution is -0.144. The topological polar surface area (TPSA) is 52.6 Å². The monoisotopic (exact) mass is 290 g/mol. The molecule has 0 saturated carbocycles. The molecule has 1 aromatic rings. The number of aliphatic carboxylic acids is 1. The fraction of sp³-hybridized carbons (Fsp3) is 0.588. The second kappa shape index (κ2) is 8.15. The predicted molar refractivity (Wildman–Crippen MR) is 84.2 cm³/mol. The van der Waals surface area contributed by atoms with E-state index < -0.39 is 5.97 Å². The van der Waals surface area contributed by atoms with E-state index in [1.807, 2.05) is 18.2 Å². The van der Waals surface area contributed by atoms with Crippen molar-refractivity contribution in [1.82, 2.24) is 10.2 Å². The zero-order chi connectivity index (χ0) is 15.1. The minimum atomic E-state index is -0.664. The number of carboxylic acid groups (broad SMARTS) is 1. The summed E-state index contributed by atoms with van der Waals surface area (Å²) in [7, 11) is 0. The minimum Gasteiger partial charge on any atom is -0.481 e. The van der Waals surface area contributed by atoms with E-state index in [0.29, 0.717) is 6.54 Å². The molecule has 1 aliphatic rings. The number of benzene rings is 1. The number of likely N-dealkylation sites (tertiary alicyclic amines) is 1. The molecule has 0 radical (unpaired) electrons. The zero-order valence-electron chi connectivity index (χ0n) is 12.8. The Balaban J connectivity index is 1.89. The number of carboxylic acids is 1. The molecule has 4 nitrogen and oxygen atoms in total. The highest BCUT2D eigenvalue weighted by Gasteiger charge is 2.30. The molecule has 0 aromatic heterocycles. The van der Waals surface area contributed by atoms with Crippen LogP contribution in [0.3, 0.4) is 0 Å². The highest BCUT2D eigenvalue weighted by atomic mass is 16.4. The Morgan fingerprint density at radius 3 is 2.76 bits per heavy atom. The smallest absolute Gasteiger partial charge is 0.307 e. The molecule has 2 rings (SSSR count). The van der Waals surface area contributed by atoms with Crippen LogP contribution in [0.2, 0.25) is 0 Å². The Labute approximate surface area is 127 Å². The van der Waals surface area contributed by atoms with Crippen molar-refractivity contribution < 1.29 is 9.90 Å². The van der Waals surface area contributed by atoms with Crippen molar-refractivity contribution in [2.45, 2.75) is 38.8 Å². The van der Waals surface area contributed by atoms with Crippen molar-refractivity contribution in [2.75, 3.05) is 19.6 Å². The van der Waals surface area contributed by atoms with Gasteiger partial charge in [0.15, 0.2) is 0 Å². The first kappa shape index (κ1) is 16.0. The summed E-state index contributed by atoms with van der Waals surface area (Å²) < 4.78 is 0. The third kappa shape index (κ3) is 5.14. The highest BCUT2D eigenvalue weighted by Crippen LogP contribution is 2.18. The van der Waals surface area contributed by atoms with Gasteiger partial charge in [-0.3, -0.25) is 4.79 Å². The average Bonchev–Trinajstić information content (AvgIpc) is 2.51. The number of rotatable bonds is 7. The second-order valence-electron chi connectivity index (χ2n) is 5.95. The molecule has 1 saturated heterocycles. The number of nitrogens with one attached hydrogen (secondary N) is 1. The summed E-state index contributed by atoms with van der Waals surface area (Å²) >= 11 is 0. The van der Waals surface area contributed by atoms with Crippen molar-refractivity contribution >= 4 is 5.97 Å². The van der Waals surface area contributed by atoms with Gasteiger partial charge in [-0.05, 0) is 24.9 Å². The van der Waals surface area contributed by atoms with Gasteiger partial charge in [0, 0.05) is 25.7 Å². The summed E-state index contributed by atoms with van der Waals surface area (Å²) in [4.78, 5) is 13.6. The maximum Gasteiger partial charge on any atom is 0.307 e. The van der Waals surface area contributed by atoms with Crippen LogP contribution in [0.5, 0.6) is 0 Å². The Morgan fingerprint density at radius 2 is 2.10 bits per heavy atom. The number of unbranched alkanes of at least 4 members (excludes halogenated alkanes) is 1. The largest absolute Gasteiger partial charge is 0.481 e. The van der Waals surface area contributed by atoms with E-state index in [4.69, 9.17) is 0 Å². The predicted octanol–water partition coefficient (Wildman–Crippen LogP) is 2.35. The Morgan fingerprint density at radius 1 is 1.33 bits per heavy atom. The lowest BCUT2D eigenvalue weighted by Gasteiger charge is -2.36. The van der Waals surface area contributed by atoms with Gasteiger partial charge in [0.25, 0.3) is 0 Å². The van der Waals surface area contributed by atoms with E-state index in [1.54, 1.807) is 0 Å². The molecule has 0 aliphatic carbocycles. The van der Waals surface area contributed by atoms with Gasteiger partial charge in [0.2, 0.25) is 0 Å². The quantitative estimate of drug-likeness (QED) is 0.809. The van der Waals surface area contributed by atoms with Gasteiger partial charge in [0.05, 0.1) is 5.92 Å². The van der Waals surface area contributed by atoms with Gasteiger partial charge in [-0.25, -0.2) is 0 Å². The third-order valence-corrected chi connectivity index (χ3v) is 4.14. The summed E-state index contributed by atoms with van der Waals surface area (Å²) in [6, 6.07) is 10.5.